The van der Waals surface area contributed by atoms with Crippen LogP contribution in [0.1, 0.15) is 50.8 Å². The van der Waals surface area contributed by atoms with Gasteiger partial charge in [0.15, 0.2) is 0 Å². The van der Waals surface area contributed by atoms with Crippen molar-refractivity contribution in [2.24, 2.45) is 0 Å². The normalized spacial score (nSPS) is 21.8. The number of rotatable bonds is 5. The number of carbonyl (C=O) groups excluding carboxylic acids is 1. The maximum absolute atomic E-state index is 12.8. The minimum absolute atomic E-state index is 0.0265. The standard InChI is InChI=1S/C20H32N4O2/c1-17(18-8-4-7-11-21-18)23(2)19(25)22-16-20(9-5-3-6-10-20)24-12-14-26-15-13-24/h4,7-8,11,17H,3,5-6,9-10,12-16H2,1-2H3,(H,22,25). The predicted molar refractivity (Wildman–Crippen MR) is 102 cm³/mol. The third-order valence-corrected chi connectivity index (χ3v) is 6.05. The van der Waals surface area contributed by atoms with E-state index in [-0.39, 0.29) is 17.6 Å². The molecule has 26 heavy (non-hydrogen) atoms. The number of ether oxygens (including phenoxy) is 1. The van der Waals surface area contributed by atoms with Crippen LogP contribution in [0.5, 0.6) is 0 Å². The van der Waals surface area contributed by atoms with Gasteiger partial charge in [0, 0.05) is 38.4 Å². The number of hydrogen-bond acceptors (Lipinski definition) is 4. The lowest BCUT2D eigenvalue weighted by Gasteiger charge is -2.48. The summed E-state index contributed by atoms with van der Waals surface area (Å²) in [4.78, 5) is 21.4. The number of amides is 2. The van der Waals surface area contributed by atoms with Crippen molar-refractivity contribution in [3.63, 3.8) is 0 Å². The predicted octanol–water partition coefficient (Wildman–Crippen LogP) is 2.82. The highest BCUT2D eigenvalue weighted by Crippen LogP contribution is 2.34. The zero-order chi connectivity index (χ0) is 18.4. The average molecular weight is 361 g/mol. The van der Waals surface area contributed by atoms with E-state index in [0.717, 1.165) is 44.8 Å². The Morgan fingerprint density at radius 3 is 2.69 bits per heavy atom. The summed E-state index contributed by atoms with van der Waals surface area (Å²) in [7, 11) is 1.84. The van der Waals surface area contributed by atoms with Gasteiger partial charge in [0.25, 0.3) is 0 Å². The lowest BCUT2D eigenvalue weighted by Crippen LogP contribution is -2.60. The lowest BCUT2D eigenvalue weighted by molar-refractivity contribution is -0.0360. The Bertz CT molecular complexity index is 568. The summed E-state index contributed by atoms with van der Waals surface area (Å²) in [5, 5.41) is 3.22. The SMILES string of the molecule is CC(c1ccccn1)N(C)C(=O)NCC1(N2CCOCC2)CCCCC1. The molecular weight excluding hydrogens is 328 g/mol. The number of urea groups is 1. The molecule has 2 aliphatic rings. The Morgan fingerprint density at radius 2 is 2.04 bits per heavy atom. The average Bonchev–Trinajstić information content (AvgIpc) is 2.73. The zero-order valence-electron chi connectivity index (χ0n) is 16.1. The third kappa shape index (κ3) is 4.35. The number of hydrogen-bond donors (Lipinski definition) is 1. The van der Waals surface area contributed by atoms with Crippen molar-refractivity contribution >= 4 is 6.03 Å². The van der Waals surface area contributed by atoms with Gasteiger partial charge in [0.05, 0.1) is 24.9 Å². The van der Waals surface area contributed by atoms with Crippen LogP contribution in [0.25, 0.3) is 0 Å². The first kappa shape index (κ1) is 19.1. The molecule has 3 rings (SSSR count). The van der Waals surface area contributed by atoms with E-state index in [0.29, 0.717) is 6.54 Å². The summed E-state index contributed by atoms with van der Waals surface area (Å²) in [6, 6.07) is 5.74. The summed E-state index contributed by atoms with van der Waals surface area (Å²) in [6.07, 6.45) is 7.88. The minimum Gasteiger partial charge on any atom is -0.379 e. The fourth-order valence-electron chi connectivity index (χ4n) is 4.21. The molecule has 0 bridgehead atoms. The van der Waals surface area contributed by atoms with Crippen molar-refractivity contribution in [2.75, 3.05) is 39.9 Å². The highest BCUT2D eigenvalue weighted by Gasteiger charge is 2.39. The molecule has 1 aromatic rings. The topological polar surface area (TPSA) is 57.7 Å². The van der Waals surface area contributed by atoms with Gasteiger partial charge in [-0.15, -0.1) is 0 Å². The van der Waals surface area contributed by atoms with Crippen molar-refractivity contribution in [2.45, 2.75) is 50.6 Å². The van der Waals surface area contributed by atoms with Gasteiger partial charge >= 0.3 is 6.03 Å². The van der Waals surface area contributed by atoms with Crippen molar-refractivity contribution < 1.29 is 9.53 Å². The highest BCUT2D eigenvalue weighted by molar-refractivity contribution is 5.74. The van der Waals surface area contributed by atoms with Gasteiger partial charge in [-0.05, 0) is 31.9 Å². The van der Waals surface area contributed by atoms with Crippen molar-refractivity contribution in [1.29, 1.82) is 0 Å². The number of nitrogens with zero attached hydrogens (tertiary/aromatic N) is 3. The molecule has 1 aliphatic heterocycles. The second kappa shape index (κ2) is 8.82. The molecule has 6 heteroatoms. The van der Waals surface area contributed by atoms with Crippen LogP contribution in [0.3, 0.4) is 0 Å². The molecule has 2 amide bonds. The molecule has 2 heterocycles. The fourth-order valence-corrected chi connectivity index (χ4v) is 4.21. The molecule has 1 aromatic heterocycles. The maximum Gasteiger partial charge on any atom is 0.317 e. The van der Waals surface area contributed by atoms with Gasteiger partial charge in [-0.25, -0.2) is 4.79 Å². The van der Waals surface area contributed by atoms with Gasteiger partial charge in [-0.3, -0.25) is 9.88 Å². The van der Waals surface area contributed by atoms with Gasteiger partial charge in [0.2, 0.25) is 0 Å². The number of carbonyl (C=O) groups is 1. The molecule has 2 fully saturated rings. The Hall–Kier alpha value is -1.66. The highest BCUT2D eigenvalue weighted by atomic mass is 16.5. The van der Waals surface area contributed by atoms with Crippen molar-refractivity contribution in [3.05, 3.63) is 30.1 Å². The molecule has 6 nitrogen and oxygen atoms in total. The molecule has 1 saturated carbocycles. The molecule has 0 radical (unpaired) electrons. The van der Waals surface area contributed by atoms with E-state index in [1.54, 1.807) is 11.1 Å². The van der Waals surface area contributed by atoms with Gasteiger partial charge in [0.1, 0.15) is 0 Å². The van der Waals surface area contributed by atoms with Crippen LogP contribution in [-0.4, -0.2) is 66.2 Å². The Kier molecular flexibility index (Phi) is 6.48. The molecule has 1 aliphatic carbocycles. The maximum atomic E-state index is 12.8. The van der Waals surface area contributed by atoms with Crippen LogP contribution in [0, 0.1) is 0 Å². The van der Waals surface area contributed by atoms with Crippen LogP contribution < -0.4 is 5.32 Å². The molecule has 144 valence electrons. The molecular formula is C20H32N4O2. The summed E-state index contributed by atoms with van der Waals surface area (Å²) >= 11 is 0. The molecule has 0 aromatic carbocycles. The van der Waals surface area contributed by atoms with E-state index in [4.69, 9.17) is 4.74 Å². The van der Waals surface area contributed by atoms with E-state index in [1.807, 2.05) is 32.2 Å². The second-order valence-electron chi connectivity index (χ2n) is 7.58. The smallest absolute Gasteiger partial charge is 0.317 e. The second-order valence-corrected chi connectivity index (χ2v) is 7.58. The Balaban J connectivity index is 1.61. The van der Waals surface area contributed by atoms with Crippen molar-refractivity contribution in [3.8, 4) is 0 Å². The number of morpholine rings is 1. The Labute approximate surface area is 156 Å². The molecule has 1 unspecified atom stereocenters. The Morgan fingerprint density at radius 1 is 1.31 bits per heavy atom. The van der Waals surface area contributed by atoms with Crippen LogP contribution >= 0.6 is 0 Å². The van der Waals surface area contributed by atoms with Gasteiger partial charge in [-0.1, -0.05) is 25.3 Å². The summed E-state index contributed by atoms with van der Waals surface area (Å²) < 4.78 is 5.54. The van der Waals surface area contributed by atoms with Crippen LogP contribution in [0.2, 0.25) is 0 Å². The zero-order valence-corrected chi connectivity index (χ0v) is 16.1. The summed E-state index contributed by atoms with van der Waals surface area (Å²) in [6.45, 7) is 6.26. The molecule has 0 spiro atoms. The minimum atomic E-state index is -0.0538. The monoisotopic (exact) mass is 360 g/mol. The van der Waals surface area contributed by atoms with Gasteiger partial charge in [-0.2, -0.15) is 0 Å². The number of pyridine rings is 1. The molecule has 1 saturated heterocycles. The molecule has 1 atom stereocenters. The van der Waals surface area contributed by atoms with E-state index in [1.165, 1.54) is 19.3 Å². The third-order valence-electron chi connectivity index (χ3n) is 6.05. The van der Waals surface area contributed by atoms with Crippen LogP contribution in [-0.2, 0) is 4.74 Å². The van der Waals surface area contributed by atoms with Crippen LogP contribution in [0.4, 0.5) is 4.79 Å². The van der Waals surface area contributed by atoms with Crippen molar-refractivity contribution in [1.82, 2.24) is 20.1 Å². The fraction of sp³-hybridized carbons (Fsp3) is 0.700. The number of nitrogens with one attached hydrogen (secondary N) is 1. The first-order chi connectivity index (χ1) is 12.6. The number of aromatic nitrogens is 1. The largest absolute Gasteiger partial charge is 0.379 e. The first-order valence-corrected chi connectivity index (χ1v) is 9.87. The summed E-state index contributed by atoms with van der Waals surface area (Å²) in [5.74, 6) is 0. The van der Waals surface area contributed by atoms with E-state index in [2.05, 4.69) is 15.2 Å². The lowest BCUT2D eigenvalue weighted by atomic mass is 9.80. The summed E-state index contributed by atoms with van der Waals surface area (Å²) in [5.41, 5.74) is 0.998. The van der Waals surface area contributed by atoms with E-state index in [9.17, 15) is 4.79 Å². The van der Waals surface area contributed by atoms with Gasteiger partial charge < -0.3 is 15.0 Å². The molecule has 1 N–H and O–H groups in total. The van der Waals surface area contributed by atoms with E-state index >= 15 is 0 Å². The van der Waals surface area contributed by atoms with Crippen LogP contribution in [0.15, 0.2) is 24.4 Å². The quantitative estimate of drug-likeness (QED) is 0.877. The van der Waals surface area contributed by atoms with E-state index < -0.39 is 0 Å². The first-order valence-electron chi connectivity index (χ1n) is 9.87.